The maximum absolute atomic E-state index is 13.5. The van der Waals surface area contributed by atoms with Gasteiger partial charge in [0.05, 0.1) is 0 Å². The van der Waals surface area contributed by atoms with Gasteiger partial charge in [-0.05, 0) is 18.9 Å². The second kappa shape index (κ2) is 2.53. The summed E-state index contributed by atoms with van der Waals surface area (Å²) >= 11 is 0. The Labute approximate surface area is 76.6 Å². The third-order valence-electron chi connectivity index (χ3n) is 2.76. The molecule has 0 amide bonds. The Hall–Kier alpha value is -0.920. The quantitative estimate of drug-likeness (QED) is 0.577. The number of aryl methyl sites for hydroxylation is 1. The second-order valence-electron chi connectivity index (χ2n) is 3.89. The highest BCUT2D eigenvalue weighted by molar-refractivity contribution is 5.39. The van der Waals surface area contributed by atoms with Gasteiger partial charge in [0.2, 0.25) is 0 Å². The number of benzene rings is 1. The minimum absolute atomic E-state index is 0.227. The molecule has 1 aromatic rings. The Morgan fingerprint density at radius 1 is 1.38 bits per heavy atom. The Balaban J connectivity index is 2.55. The molecule has 2 heteroatoms. The molecule has 0 spiro atoms. The van der Waals surface area contributed by atoms with Gasteiger partial charge in [0.25, 0.3) is 5.92 Å². The van der Waals surface area contributed by atoms with Crippen LogP contribution in [0.15, 0.2) is 18.2 Å². The summed E-state index contributed by atoms with van der Waals surface area (Å²) < 4.78 is 26.9. The summed E-state index contributed by atoms with van der Waals surface area (Å²) in [5, 5.41) is 0. The largest absolute Gasteiger partial charge is 0.276 e. The van der Waals surface area contributed by atoms with Gasteiger partial charge in [0, 0.05) is 11.5 Å². The normalized spacial score (nSPS) is 24.5. The molecular formula is C11H12F2. The third kappa shape index (κ3) is 1.16. The number of fused-ring (bicyclic) bond motifs is 1. The minimum atomic E-state index is -2.62. The molecule has 0 aromatic heterocycles. The lowest BCUT2D eigenvalue weighted by Crippen LogP contribution is -2.17. The van der Waals surface area contributed by atoms with E-state index in [4.69, 9.17) is 0 Å². The van der Waals surface area contributed by atoms with Crippen molar-refractivity contribution < 1.29 is 8.78 Å². The molecule has 0 radical (unpaired) electrons. The van der Waals surface area contributed by atoms with E-state index in [0.29, 0.717) is 6.42 Å². The first-order valence-electron chi connectivity index (χ1n) is 4.49. The predicted octanol–water partition coefficient (Wildman–Crippen LogP) is 3.28. The van der Waals surface area contributed by atoms with Gasteiger partial charge in [-0.25, -0.2) is 8.78 Å². The van der Waals surface area contributed by atoms with E-state index in [1.54, 1.807) is 19.1 Å². The van der Waals surface area contributed by atoms with Crippen LogP contribution in [0.4, 0.5) is 8.78 Å². The number of hydrogen-bond acceptors (Lipinski definition) is 0. The van der Waals surface area contributed by atoms with Crippen LogP contribution in [0.1, 0.15) is 23.6 Å². The van der Waals surface area contributed by atoms with Crippen LogP contribution in [0.2, 0.25) is 0 Å². The summed E-state index contributed by atoms with van der Waals surface area (Å²) in [6, 6.07) is 5.19. The van der Waals surface area contributed by atoms with Crippen LogP contribution in [-0.2, 0) is 12.3 Å². The standard InChI is InChI=1S/C11H12F2/c1-7-3-4-10-9(5-7)6-8(2)11(10,12)13/h3-5,8H,6H2,1-2H3. The molecule has 0 N–H and O–H groups in total. The molecule has 1 atom stereocenters. The van der Waals surface area contributed by atoms with Crippen LogP contribution < -0.4 is 0 Å². The highest BCUT2D eigenvalue weighted by Gasteiger charge is 2.45. The fourth-order valence-corrected chi connectivity index (χ4v) is 1.94. The van der Waals surface area contributed by atoms with E-state index in [-0.39, 0.29) is 5.56 Å². The summed E-state index contributed by atoms with van der Waals surface area (Å²) in [4.78, 5) is 0. The molecule has 0 saturated heterocycles. The first kappa shape index (κ1) is 8.67. The number of hydrogen-bond donors (Lipinski definition) is 0. The van der Waals surface area contributed by atoms with Gasteiger partial charge in [0.15, 0.2) is 0 Å². The second-order valence-corrected chi connectivity index (χ2v) is 3.89. The number of alkyl halides is 2. The van der Waals surface area contributed by atoms with E-state index < -0.39 is 11.8 Å². The van der Waals surface area contributed by atoms with Crippen LogP contribution in [0.3, 0.4) is 0 Å². The SMILES string of the molecule is Cc1ccc2c(c1)CC(C)C2(F)F. The van der Waals surface area contributed by atoms with Gasteiger partial charge >= 0.3 is 0 Å². The monoisotopic (exact) mass is 182 g/mol. The Morgan fingerprint density at radius 3 is 2.77 bits per heavy atom. The molecule has 70 valence electrons. The van der Waals surface area contributed by atoms with E-state index in [9.17, 15) is 8.78 Å². The minimum Gasteiger partial charge on any atom is -0.201 e. The Kier molecular flexibility index (Phi) is 1.69. The molecule has 1 aliphatic carbocycles. The summed E-state index contributed by atoms with van der Waals surface area (Å²) in [5.74, 6) is -3.17. The zero-order valence-corrected chi connectivity index (χ0v) is 7.77. The molecule has 1 aliphatic rings. The highest BCUT2D eigenvalue weighted by atomic mass is 19.3. The van der Waals surface area contributed by atoms with Crippen molar-refractivity contribution >= 4 is 0 Å². The molecule has 1 unspecified atom stereocenters. The molecule has 0 bridgehead atoms. The van der Waals surface area contributed by atoms with Gasteiger partial charge in [-0.2, -0.15) is 0 Å². The highest BCUT2D eigenvalue weighted by Crippen LogP contribution is 2.45. The molecular weight excluding hydrogens is 170 g/mol. The van der Waals surface area contributed by atoms with Gasteiger partial charge in [0.1, 0.15) is 0 Å². The molecule has 0 fully saturated rings. The zero-order chi connectivity index (χ0) is 9.64. The van der Waals surface area contributed by atoms with Crippen LogP contribution >= 0.6 is 0 Å². The molecule has 1 aromatic carbocycles. The van der Waals surface area contributed by atoms with Gasteiger partial charge < -0.3 is 0 Å². The summed E-state index contributed by atoms with van der Waals surface area (Å²) in [6.07, 6.45) is 0.504. The molecule has 0 heterocycles. The van der Waals surface area contributed by atoms with Gasteiger partial charge in [-0.3, -0.25) is 0 Å². The maximum atomic E-state index is 13.5. The molecule has 2 rings (SSSR count). The number of rotatable bonds is 0. The number of halogens is 2. The smallest absolute Gasteiger partial charge is 0.201 e. The van der Waals surface area contributed by atoms with Crippen LogP contribution in [-0.4, -0.2) is 0 Å². The Bertz CT molecular complexity index is 342. The van der Waals surface area contributed by atoms with Crippen LogP contribution in [0.5, 0.6) is 0 Å². The van der Waals surface area contributed by atoms with Crippen molar-refractivity contribution in [2.75, 3.05) is 0 Å². The first-order valence-corrected chi connectivity index (χ1v) is 4.49. The first-order chi connectivity index (χ1) is 6.01. The van der Waals surface area contributed by atoms with E-state index in [1.165, 1.54) is 0 Å². The average Bonchev–Trinajstić information content (AvgIpc) is 2.23. The lowest BCUT2D eigenvalue weighted by atomic mass is 10.0. The summed E-state index contributed by atoms with van der Waals surface area (Å²) in [6.45, 7) is 3.54. The third-order valence-corrected chi connectivity index (χ3v) is 2.76. The summed E-state index contributed by atoms with van der Waals surface area (Å²) in [7, 11) is 0. The van der Waals surface area contributed by atoms with Crippen molar-refractivity contribution in [3.8, 4) is 0 Å². The summed E-state index contributed by atoms with van der Waals surface area (Å²) in [5.41, 5.74) is 2.10. The molecule has 0 saturated carbocycles. The predicted molar refractivity (Wildman–Crippen MR) is 47.9 cm³/mol. The lowest BCUT2D eigenvalue weighted by molar-refractivity contribution is -0.0450. The van der Waals surface area contributed by atoms with Crippen LogP contribution in [0.25, 0.3) is 0 Å². The molecule has 13 heavy (non-hydrogen) atoms. The van der Waals surface area contributed by atoms with E-state index in [1.807, 2.05) is 13.0 Å². The van der Waals surface area contributed by atoms with Gasteiger partial charge in [-0.15, -0.1) is 0 Å². The fourth-order valence-electron chi connectivity index (χ4n) is 1.94. The Morgan fingerprint density at radius 2 is 2.08 bits per heavy atom. The van der Waals surface area contributed by atoms with Crippen molar-refractivity contribution in [3.63, 3.8) is 0 Å². The van der Waals surface area contributed by atoms with Crippen LogP contribution in [0, 0.1) is 12.8 Å². The van der Waals surface area contributed by atoms with Gasteiger partial charge in [-0.1, -0.05) is 30.7 Å². The average molecular weight is 182 g/mol. The van der Waals surface area contributed by atoms with Crippen molar-refractivity contribution in [1.29, 1.82) is 0 Å². The van der Waals surface area contributed by atoms with Crippen molar-refractivity contribution in [2.45, 2.75) is 26.2 Å². The van der Waals surface area contributed by atoms with Crippen molar-refractivity contribution in [1.82, 2.24) is 0 Å². The van der Waals surface area contributed by atoms with E-state index >= 15 is 0 Å². The van der Waals surface area contributed by atoms with E-state index in [2.05, 4.69) is 0 Å². The van der Waals surface area contributed by atoms with Crippen molar-refractivity contribution in [3.05, 3.63) is 34.9 Å². The lowest BCUT2D eigenvalue weighted by Gasteiger charge is -2.15. The fraction of sp³-hybridized carbons (Fsp3) is 0.455. The van der Waals surface area contributed by atoms with E-state index in [0.717, 1.165) is 11.1 Å². The zero-order valence-electron chi connectivity index (χ0n) is 7.77. The maximum Gasteiger partial charge on any atom is 0.276 e. The molecule has 0 nitrogen and oxygen atoms in total. The van der Waals surface area contributed by atoms with Crippen molar-refractivity contribution in [2.24, 2.45) is 5.92 Å². The molecule has 0 aliphatic heterocycles. The topological polar surface area (TPSA) is 0 Å².